The fourth-order valence-electron chi connectivity index (χ4n) is 3.36. The van der Waals surface area contributed by atoms with Gasteiger partial charge in [0.2, 0.25) is 0 Å². The molecule has 2 aromatic carbocycles. The first kappa shape index (κ1) is 19.0. The smallest absolute Gasteiger partial charge is 0.272 e. The molecule has 4 rings (SSSR count). The minimum absolute atomic E-state index is 0.136. The van der Waals surface area contributed by atoms with Gasteiger partial charge in [0, 0.05) is 38.8 Å². The van der Waals surface area contributed by atoms with E-state index in [0.29, 0.717) is 30.3 Å². The molecule has 1 amide bonds. The Bertz CT molecular complexity index is 974. The lowest BCUT2D eigenvalue weighted by Crippen LogP contribution is -2.48. The predicted molar refractivity (Wildman–Crippen MR) is 109 cm³/mol. The molecular weight excluding hydrogens is 369 g/mol. The van der Waals surface area contributed by atoms with E-state index in [9.17, 15) is 9.18 Å². The topological polar surface area (TPSA) is 61.4 Å². The average Bonchev–Trinajstić information content (AvgIpc) is 2.76. The molecule has 0 saturated carbocycles. The fourth-order valence-corrected chi connectivity index (χ4v) is 3.36. The van der Waals surface area contributed by atoms with E-state index >= 15 is 0 Å². The fraction of sp³-hybridized carbons (Fsp3) is 0.227. The third-order valence-electron chi connectivity index (χ3n) is 4.93. The maximum absolute atomic E-state index is 13.8. The number of para-hydroxylation sites is 1. The highest BCUT2D eigenvalue weighted by molar-refractivity contribution is 5.93. The highest BCUT2D eigenvalue weighted by atomic mass is 19.1. The summed E-state index contributed by atoms with van der Waals surface area (Å²) >= 11 is 0. The van der Waals surface area contributed by atoms with Crippen LogP contribution in [0.15, 0.2) is 67.0 Å². The van der Waals surface area contributed by atoms with Crippen molar-refractivity contribution >= 4 is 17.4 Å². The molecule has 0 spiro atoms. The van der Waals surface area contributed by atoms with Crippen LogP contribution in [0.5, 0.6) is 0 Å². The van der Waals surface area contributed by atoms with Gasteiger partial charge in [-0.15, -0.1) is 0 Å². The van der Waals surface area contributed by atoms with E-state index in [1.807, 2.05) is 18.2 Å². The molecule has 2 heterocycles. The van der Waals surface area contributed by atoms with Crippen molar-refractivity contribution in [1.82, 2.24) is 19.8 Å². The molecule has 0 radical (unpaired) electrons. The Hall–Kier alpha value is -3.32. The average molecular weight is 391 g/mol. The highest BCUT2D eigenvalue weighted by Gasteiger charge is 2.23. The van der Waals surface area contributed by atoms with E-state index in [1.54, 1.807) is 29.2 Å². The standard InChI is InChI=1S/C22H22FN5O/c23-18-8-4-5-9-19(18)26-21-14-20(24-16-25-21)22(29)28-12-10-27(11-13-28)15-17-6-2-1-3-7-17/h1-9,14,16H,10-13,15H2,(H,24,25,26). The number of nitrogens with one attached hydrogen (secondary N) is 1. The summed E-state index contributed by atoms with van der Waals surface area (Å²) in [4.78, 5) is 25.2. The van der Waals surface area contributed by atoms with Crippen molar-refractivity contribution in [3.63, 3.8) is 0 Å². The molecule has 6 nitrogen and oxygen atoms in total. The lowest BCUT2D eigenvalue weighted by molar-refractivity contribution is 0.0622. The van der Waals surface area contributed by atoms with Gasteiger partial charge >= 0.3 is 0 Å². The molecule has 148 valence electrons. The normalized spacial score (nSPS) is 14.6. The summed E-state index contributed by atoms with van der Waals surface area (Å²) < 4.78 is 13.8. The second-order valence-corrected chi connectivity index (χ2v) is 6.95. The van der Waals surface area contributed by atoms with Crippen LogP contribution in [0, 0.1) is 5.82 Å². The Morgan fingerprint density at radius 1 is 0.966 bits per heavy atom. The number of rotatable bonds is 5. The van der Waals surface area contributed by atoms with E-state index in [2.05, 4.69) is 32.3 Å². The molecule has 1 aliphatic heterocycles. The molecule has 7 heteroatoms. The van der Waals surface area contributed by atoms with Gasteiger partial charge in [-0.05, 0) is 17.7 Å². The van der Waals surface area contributed by atoms with E-state index in [1.165, 1.54) is 18.0 Å². The van der Waals surface area contributed by atoms with Crippen molar-refractivity contribution in [1.29, 1.82) is 0 Å². The number of amides is 1. The molecule has 0 unspecified atom stereocenters. The van der Waals surface area contributed by atoms with Gasteiger partial charge in [0.25, 0.3) is 5.91 Å². The summed E-state index contributed by atoms with van der Waals surface area (Å²) in [5.41, 5.74) is 1.88. The van der Waals surface area contributed by atoms with Crippen molar-refractivity contribution in [2.75, 3.05) is 31.5 Å². The molecule has 29 heavy (non-hydrogen) atoms. The van der Waals surface area contributed by atoms with Gasteiger partial charge in [-0.1, -0.05) is 42.5 Å². The van der Waals surface area contributed by atoms with Crippen LogP contribution >= 0.6 is 0 Å². The molecular formula is C22H22FN5O. The Morgan fingerprint density at radius 3 is 2.45 bits per heavy atom. The van der Waals surface area contributed by atoms with Gasteiger partial charge < -0.3 is 10.2 Å². The predicted octanol–water partition coefficient (Wildman–Crippen LogP) is 3.32. The summed E-state index contributed by atoms with van der Waals surface area (Å²) in [5, 5.41) is 2.90. The first-order valence-corrected chi connectivity index (χ1v) is 9.58. The summed E-state index contributed by atoms with van der Waals surface area (Å²) in [7, 11) is 0. The SMILES string of the molecule is O=C(c1cc(Nc2ccccc2F)ncn1)N1CCN(Cc2ccccc2)CC1. The lowest BCUT2D eigenvalue weighted by Gasteiger charge is -2.34. The third kappa shape index (κ3) is 4.75. The first-order chi connectivity index (χ1) is 14.2. The van der Waals surface area contributed by atoms with Gasteiger partial charge in [-0.25, -0.2) is 14.4 Å². The van der Waals surface area contributed by atoms with Gasteiger partial charge in [-0.2, -0.15) is 0 Å². The molecule has 3 aromatic rings. The zero-order valence-electron chi connectivity index (χ0n) is 16.0. The van der Waals surface area contributed by atoms with E-state index in [0.717, 1.165) is 19.6 Å². The van der Waals surface area contributed by atoms with Crippen LogP contribution in [0.4, 0.5) is 15.9 Å². The van der Waals surface area contributed by atoms with Crippen molar-refractivity contribution in [2.24, 2.45) is 0 Å². The summed E-state index contributed by atoms with van der Waals surface area (Å²) in [5.74, 6) is -0.131. The minimum Gasteiger partial charge on any atom is -0.338 e. The third-order valence-corrected chi connectivity index (χ3v) is 4.93. The van der Waals surface area contributed by atoms with Gasteiger partial charge in [0.15, 0.2) is 0 Å². The van der Waals surface area contributed by atoms with Crippen LogP contribution in [0.1, 0.15) is 16.1 Å². The first-order valence-electron chi connectivity index (χ1n) is 9.58. The van der Waals surface area contributed by atoms with Crippen LogP contribution in [-0.2, 0) is 6.54 Å². The second kappa shape index (κ2) is 8.79. The van der Waals surface area contributed by atoms with Crippen molar-refractivity contribution in [2.45, 2.75) is 6.54 Å². The highest BCUT2D eigenvalue weighted by Crippen LogP contribution is 2.19. The van der Waals surface area contributed by atoms with Crippen molar-refractivity contribution < 1.29 is 9.18 Å². The van der Waals surface area contributed by atoms with Crippen LogP contribution in [0.2, 0.25) is 0 Å². The number of hydrogen-bond donors (Lipinski definition) is 1. The van der Waals surface area contributed by atoms with Gasteiger partial charge in [0.05, 0.1) is 5.69 Å². The number of halogens is 1. The number of benzene rings is 2. The number of aromatic nitrogens is 2. The molecule has 1 saturated heterocycles. The van der Waals surface area contributed by atoms with E-state index in [-0.39, 0.29) is 11.7 Å². The van der Waals surface area contributed by atoms with Crippen LogP contribution in [-0.4, -0.2) is 51.9 Å². The van der Waals surface area contributed by atoms with E-state index in [4.69, 9.17) is 0 Å². The monoisotopic (exact) mass is 391 g/mol. The Morgan fingerprint density at radius 2 is 1.69 bits per heavy atom. The molecule has 1 fully saturated rings. The quantitative estimate of drug-likeness (QED) is 0.723. The Labute approximate surface area is 169 Å². The van der Waals surface area contributed by atoms with Gasteiger partial charge in [-0.3, -0.25) is 9.69 Å². The summed E-state index contributed by atoms with van der Waals surface area (Å²) in [6, 6.07) is 18.2. The molecule has 0 atom stereocenters. The minimum atomic E-state index is -0.381. The van der Waals surface area contributed by atoms with Crippen LogP contribution in [0.25, 0.3) is 0 Å². The van der Waals surface area contributed by atoms with Gasteiger partial charge in [0.1, 0.15) is 23.7 Å². The van der Waals surface area contributed by atoms with Crippen molar-refractivity contribution in [3.05, 3.63) is 84.1 Å². The number of anilines is 2. The lowest BCUT2D eigenvalue weighted by atomic mass is 10.2. The Kier molecular flexibility index (Phi) is 5.76. The maximum atomic E-state index is 13.8. The molecule has 1 aliphatic rings. The number of nitrogens with zero attached hydrogens (tertiary/aromatic N) is 4. The zero-order valence-corrected chi connectivity index (χ0v) is 16.0. The molecule has 0 bridgehead atoms. The largest absolute Gasteiger partial charge is 0.338 e. The molecule has 1 aromatic heterocycles. The number of carbonyl (C=O) groups is 1. The van der Waals surface area contributed by atoms with Crippen molar-refractivity contribution in [3.8, 4) is 0 Å². The number of carbonyl (C=O) groups excluding carboxylic acids is 1. The Balaban J connectivity index is 1.37. The molecule has 0 aliphatic carbocycles. The van der Waals surface area contributed by atoms with Crippen LogP contribution < -0.4 is 5.32 Å². The second-order valence-electron chi connectivity index (χ2n) is 6.95. The van der Waals surface area contributed by atoms with E-state index < -0.39 is 0 Å². The zero-order chi connectivity index (χ0) is 20.1. The summed E-state index contributed by atoms with van der Waals surface area (Å²) in [6.45, 7) is 3.79. The molecule has 1 N–H and O–H groups in total. The number of piperazine rings is 1. The summed E-state index contributed by atoms with van der Waals surface area (Å²) in [6.07, 6.45) is 1.32. The van der Waals surface area contributed by atoms with Crippen LogP contribution in [0.3, 0.4) is 0 Å². The maximum Gasteiger partial charge on any atom is 0.272 e. The number of hydrogen-bond acceptors (Lipinski definition) is 5.